The quantitative estimate of drug-likeness (QED) is 0.567. The van der Waals surface area contributed by atoms with Crippen LogP contribution in [0.5, 0.6) is 0 Å². The lowest BCUT2D eigenvalue weighted by molar-refractivity contribution is -0.122. The summed E-state index contributed by atoms with van der Waals surface area (Å²) in [4.78, 5) is 13.8. The van der Waals surface area contributed by atoms with Gasteiger partial charge in [0.05, 0.1) is 6.04 Å². The van der Waals surface area contributed by atoms with Gasteiger partial charge in [-0.2, -0.15) is 5.10 Å². The maximum Gasteiger partial charge on any atom is 0.240 e. The molecule has 1 atom stereocenters. The molecule has 0 bridgehead atoms. The fourth-order valence-corrected chi connectivity index (χ4v) is 3.85. The first-order chi connectivity index (χ1) is 12.6. The van der Waals surface area contributed by atoms with E-state index in [1.165, 1.54) is 0 Å². The molecule has 8 heteroatoms. The van der Waals surface area contributed by atoms with Gasteiger partial charge in [-0.05, 0) is 47.8 Å². The summed E-state index contributed by atoms with van der Waals surface area (Å²) >= 11 is 12.9. The van der Waals surface area contributed by atoms with Crippen molar-refractivity contribution in [2.45, 2.75) is 32.4 Å². The zero-order valence-corrected chi connectivity index (χ0v) is 16.6. The van der Waals surface area contributed by atoms with Crippen LogP contribution in [0.25, 0.3) is 0 Å². The van der Waals surface area contributed by atoms with Gasteiger partial charge in [0.25, 0.3) is 0 Å². The summed E-state index contributed by atoms with van der Waals surface area (Å²) in [5, 5.41) is 12.7. The highest BCUT2D eigenvalue weighted by Gasteiger charge is 2.19. The molecule has 5 nitrogen and oxygen atoms in total. The number of carbonyl (C=O) groups excluding carboxylic acids is 1. The summed E-state index contributed by atoms with van der Waals surface area (Å²) in [7, 11) is 0. The van der Waals surface area contributed by atoms with Gasteiger partial charge in [-0.15, -0.1) is 11.3 Å². The molecule has 2 N–H and O–H groups in total. The van der Waals surface area contributed by atoms with Gasteiger partial charge in [0.1, 0.15) is 12.4 Å². The number of thiophene rings is 1. The molecule has 2 aromatic heterocycles. The first kappa shape index (κ1) is 18.8. The highest BCUT2D eigenvalue weighted by Crippen LogP contribution is 2.27. The predicted octanol–water partition coefficient (Wildman–Crippen LogP) is 4.51. The van der Waals surface area contributed by atoms with Gasteiger partial charge in [-0.3, -0.25) is 14.5 Å². The number of H-pyrrole nitrogens is 1. The number of nitrogens with one attached hydrogen (secondary N) is 2. The fourth-order valence-electron chi connectivity index (χ4n) is 2.71. The van der Waals surface area contributed by atoms with E-state index in [1.807, 2.05) is 41.8 Å². The van der Waals surface area contributed by atoms with Crippen LogP contribution >= 0.6 is 35.2 Å². The number of rotatable bonds is 7. The molecule has 3 rings (SSSR count). The van der Waals surface area contributed by atoms with Crippen LogP contribution in [-0.2, 0) is 17.8 Å². The van der Waals surface area contributed by atoms with Crippen LogP contribution < -0.4 is 5.32 Å². The highest BCUT2D eigenvalue weighted by atomic mass is 35.5. The highest BCUT2D eigenvalue weighted by molar-refractivity contribution is 7.71. The number of aromatic amines is 1. The molecule has 0 fully saturated rings. The topological polar surface area (TPSA) is 62.7 Å². The number of halogens is 1. The second-order valence-electron chi connectivity index (χ2n) is 5.85. The van der Waals surface area contributed by atoms with Crippen molar-refractivity contribution in [3.8, 4) is 0 Å². The maximum absolute atomic E-state index is 12.7. The molecular formula is C18H19ClN4OS2. The molecule has 1 amide bonds. The largest absolute Gasteiger partial charge is 0.343 e. The number of aromatic nitrogens is 3. The predicted molar refractivity (Wildman–Crippen MR) is 107 cm³/mol. The van der Waals surface area contributed by atoms with Gasteiger partial charge in [-0.1, -0.05) is 36.7 Å². The Hall–Kier alpha value is -1.96. The number of aryl methyl sites for hydroxylation is 1. The van der Waals surface area contributed by atoms with E-state index in [9.17, 15) is 4.79 Å². The second kappa shape index (κ2) is 8.62. The Morgan fingerprint density at radius 2 is 2.15 bits per heavy atom. The van der Waals surface area contributed by atoms with Crippen LogP contribution in [0.15, 0.2) is 41.8 Å². The van der Waals surface area contributed by atoms with Crippen LogP contribution in [0.2, 0.25) is 5.02 Å². The lowest BCUT2D eigenvalue weighted by Crippen LogP contribution is -2.32. The van der Waals surface area contributed by atoms with Gasteiger partial charge < -0.3 is 5.32 Å². The molecule has 0 spiro atoms. The molecule has 0 aliphatic carbocycles. The van der Waals surface area contributed by atoms with Crippen molar-refractivity contribution in [2.24, 2.45) is 0 Å². The van der Waals surface area contributed by atoms with E-state index in [1.54, 1.807) is 15.9 Å². The van der Waals surface area contributed by atoms with E-state index < -0.39 is 0 Å². The smallest absolute Gasteiger partial charge is 0.240 e. The Balaban J connectivity index is 1.81. The molecule has 1 aromatic carbocycles. The Labute approximate surface area is 166 Å². The van der Waals surface area contributed by atoms with E-state index in [0.717, 1.165) is 29.1 Å². The van der Waals surface area contributed by atoms with E-state index in [-0.39, 0.29) is 18.5 Å². The average Bonchev–Trinajstić information content (AvgIpc) is 3.26. The van der Waals surface area contributed by atoms with Crippen molar-refractivity contribution >= 4 is 41.1 Å². The number of carbonyl (C=O) groups is 1. The molecule has 0 saturated carbocycles. The molecule has 0 saturated heterocycles. The van der Waals surface area contributed by atoms with E-state index in [2.05, 4.69) is 22.4 Å². The Morgan fingerprint density at radius 1 is 1.38 bits per heavy atom. The molecule has 0 aliphatic heterocycles. The van der Waals surface area contributed by atoms with Gasteiger partial charge in [0.15, 0.2) is 4.77 Å². The third kappa shape index (κ3) is 4.41. The lowest BCUT2D eigenvalue weighted by Gasteiger charge is -2.18. The van der Waals surface area contributed by atoms with Crippen molar-refractivity contribution in [3.05, 3.63) is 67.8 Å². The Bertz CT molecular complexity index is 916. The van der Waals surface area contributed by atoms with Crippen LogP contribution in [0, 0.1) is 4.77 Å². The minimum absolute atomic E-state index is 0.117. The van der Waals surface area contributed by atoms with Gasteiger partial charge in [0.2, 0.25) is 5.91 Å². The Kier molecular flexibility index (Phi) is 6.24. The van der Waals surface area contributed by atoms with Crippen molar-refractivity contribution < 1.29 is 4.79 Å². The summed E-state index contributed by atoms with van der Waals surface area (Å²) in [6.45, 7) is 2.20. The van der Waals surface area contributed by atoms with Crippen molar-refractivity contribution in [1.82, 2.24) is 20.1 Å². The van der Waals surface area contributed by atoms with Gasteiger partial charge >= 0.3 is 0 Å². The zero-order valence-electron chi connectivity index (χ0n) is 14.2. The third-order valence-electron chi connectivity index (χ3n) is 3.95. The molecule has 0 radical (unpaired) electrons. The van der Waals surface area contributed by atoms with Crippen molar-refractivity contribution in [2.75, 3.05) is 0 Å². The maximum atomic E-state index is 12.7. The molecule has 1 unspecified atom stereocenters. The molecular weight excluding hydrogens is 388 g/mol. The molecule has 2 heterocycles. The normalized spacial score (nSPS) is 12.1. The first-order valence-corrected chi connectivity index (χ1v) is 9.97. The van der Waals surface area contributed by atoms with E-state index in [0.29, 0.717) is 9.79 Å². The fraction of sp³-hybridized carbons (Fsp3) is 0.278. The monoisotopic (exact) mass is 406 g/mol. The number of hydrogen-bond donors (Lipinski definition) is 2. The standard InChI is InChI=1S/C18H19ClN4OS2/c1-2-4-15-21-22-18(25)23(15)11-16(24)20-17(14-5-3-10-26-14)12-6-8-13(19)9-7-12/h3,5-10,17H,2,4,11H2,1H3,(H,20,24)(H,22,25). The minimum atomic E-state index is -0.226. The molecule has 0 aliphatic rings. The van der Waals surface area contributed by atoms with Crippen LogP contribution in [-0.4, -0.2) is 20.7 Å². The number of benzene rings is 1. The summed E-state index contributed by atoms with van der Waals surface area (Å²) in [5.41, 5.74) is 0.981. The first-order valence-electron chi connectivity index (χ1n) is 8.30. The third-order valence-corrected chi connectivity index (χ3v) is 5.45. The molecule has 26 heavy (non-hydrogen) atoms. The van der Waals surface area contributed by atoms with Crippen molar-refractivity contribution in [1.29, 1.82) is 0 Å². The summed E-state index contributed by atoms with van der Waals surface area (Å²) in [6, 6.07) is 11.3. The lowest BCUT2D eigenvalue weighted by atomic mass is 10.1. The van der Waals surface area contributed by atoms with Gasteiger partial charge in [-0.25, -0.2) is 0 Å². The van der Waals surface area contributed by atoms with Crippen LogP contribution in [0.1, 0.15) is 35.7 Å². The zero-order chi connectivity index (χ0) is 18.5. The SMILES string of the molecule is CCCc1n[nH]c(=S)n1CC(=O)NC(c1ccc(Cl)cc1)c1cccs1. The van der Waals surface area contributed by atoms with E-state index in [4.69, 9.17) is 23.8 Å². The average molecular weight is 407 g/mol. The second-order valence-corrected chi connectivity index (χ2v) is 7.65. The van der Waals surface area contributed by atoms with Crippen molar-refractivity contribution in [3.63, 3.8) is 0 Å². The minimum Gasteiger partial charge on any atom is -0.343 e. The summed E-state index contributed by atoms with van der Waals surface area (Å²) in [5.74, 6) is 0.681. The van der Waals surface area contributed by atoms with Gasteiger partial charge in [0, 0.05) is 16.3 Å². The molecule has 136 valence electrons. The number of amides is 1. The Morgan fingerprint density at radius 3 is 2.81 bits per heavy atom. The molecule has 3 aromatic rings. The van der Waals surface area contributed by atoms with Crippen LogP contribution in [0.3, 0.4) is 0 Å². The van der Waals surface area contributed by atoms with Crippen LogP contribution in [0.4, 0.5) is 0 Å². The number of nitrogens with zero attached hydrogens (tertiary/aromatic N) is 2. The summed E-state index contributed by atoms with van der Waals surface area (Å²) in [6.07, 6.45) is 1.70. The number of hydrogen-bond acceptors (Lipinski definition) is 4. The summed E-state index contributed by atoms with van der Waals surface area (Å²) < 4.78 is 2.21. The van der Waals surface area contributed by atoms with E-state index >= 15 is 0 Å².